The van der Waals surface area contributed by atoms with Crippen molar-refractivity contribution in [1.29, 1.82) is 0 Å². The van der Waals surface area contributed by atoms with Crippen LogP contribution in [0.2, 0.25) is 0 Å². The lowest BCUT2D eigenvalue weighted by molar-refractivity contribution is 0.935. The van der Waals surface area contributed by atoms with E-state index < -0.39 is 0 Å². The lowest BCUT2D eigenvalue weighted by Crippen LogP contribution is -2.24. The van der Waals surface area contributed by atoms with Gasteiger partial charge in [-0.05, 0) is 72.5 Å². The Morgan fingerprint density at radius 1 is 0.774 bits per heavy atom. The Kier molecular flexibility index (Phi) is 5.00. The van der Waals surface area contributed by atoms with Crippen molar-refractivity contribution in [3.05, 3.63) is 95.7 Å². The maximum absolute atomic E-state index is 4.68. The van der Waals surface area contributed by atoms with Gasteiger partial charge in [0.25, 0.3) is 0 Å². The van der Waals surface area contributed by atoms with Crippen molar-refractivity contribution < 1.29 is 0 Å². The van der Waals surface area contributed by atoms with Gasteiger partial charge in [0.05, 0.1) is 25.1 Å². The van der Waals surface area contributed by atoms with E-state index in [4.69, 9.17) is 0 Å². The summed E-state index contributed by atoms with van der Waals surface area (Å²) in [7, 11) is 0. The molecule has 0 atom stereocenters. The number of hydrogen-bond acceptors (Lipinski definition) is 5. The molecule has 1 aromatic carbocycles. The second-order valence-electron chi connectivity index (χ2n) is 7.85. The fourth-order valence-corrected chi connectivity index (χ4v) is 3.89. The van der Waals surface area contributed by atoms with Gasteiger partial charge >= 0.3 is 0 Å². The molecule has 0 spiro atoms. The molecule has 0 saturated carbocycles. The number of anilines is 1. The molecule has 0 fully saturated rings. The molecule has 4 heterocycles. The summed E-state index contributed by atoms with van der Waals surface area (Å²) in [5.74, 6) is 0. The third kappa shape index (κ3) is 4.08. The number of nitrogens with zero attached hydrogens (tertiary/aromatic N) is 5. The number of aryl methyl sites for hydroxylation is 2. The topological polar surface area (TPSA) is 54.3 Å². The molecule has 5 nitrogen and oxygen atoms in total. The summed E-state index contributed by atoms with van der Waals surface area (Å²) in [5.41, 5.74) is 9.97. The molecule has 3 aromatic heterocycles. The SMILES string of the molecule is Cc1cc(-c2ccc3c(c2)N(Cc2ccc(-c4ccnc(C)c4)nc2)C=NC3)ccn1. The highest BCUT2D eigenvalue weighted by molar-refractivity contribution is 5.85. The van der Waals surface area contributed by atoms with Crippen molar-refractivity contribution in [2.24, 2.45) is 4.99 Å². The van der Waals surface area contributed by atoms with Crippen LogP contribution in [-0.4, -0.2) is 21.3 Å². The summed E-state index contributed by atoms with van der Waals surface area (Å²) >= 11 is 0. The van der Waals surface area contributed by atoms with Crippen LogP contribution in [0.4, 0.5) is 5.69 Å². The first-order valence-corrected chi connectivity index (χ1v) is 10.4. The Labute approximate surface area is 182 Å². The van der Waals surface area contributed by atoms with Crippen LogP contribution in [0.25, 0.3) is 22.4 Å². The Morgan fingerprint density at radius 2 is 1.52 bits per heavy atom. The van der Waals surface area contributed by atoms with Gasteiger partial charge in [0.15, 0.2) is 0 Å². The lowest BCUT2D eigenvalue weighted by Gasteiger charge is -2.26. The number of aliphatic imine (C=N–C) groups is 1. The molecule has 1 aliphatic heterocycles. The largest absolute Gasteiger partial charge is 0.328 e. The van der Waals surface area contributed by atoms with Gasteiger partial charge in [0.1, 0.15) is 0 Å². The van der Waals surface area contributed by atoms with E-state index in [1.54, 1.807) is 0 Å². The molecule has 4 aromatic rings. The normalized spacial score (nSPS) is 12.6. The Bertz CT molecular complexity index is 1260. The van der Waals surface area contributed by atoms with Gasteiger partial charge in [-0.2, -0.15) is 0 Å². The van der Waals surface area contributed by atoms with Crippen LogP contribution in [-0.2, 0) is 13.1 Å². The monoisotopic (exact) mass is 405 g/mol. The zero-order valence-corrected chi connectivity index (χ0v) is 17.7. The predicted molar refractivity (Wildman–Crippen MR) is 125 cm³/mol. The van der Waals surface area contributed by atoms with E-state index in [-0.39, 0.29) is 0 Å². The van der Waals surface area contributed by atoms with Gasteiger partial charge in [-0.1, -0.05) is 18.2 Å². The van der Waals surface area contributed by atoms with Crippen molar-refractivity contribution in [1.82, 2.24) is 15.0 Å². The molecule has 5 heteroatoms. The molecule has 0 amide bonds. The molecule has 0 unspecified atom stereocenters. The number of rotatable bonds is 4. The van der Waals surface area contributed by atoms with Crippen LogP contribution < -0.4 is 4.90 Å². The van der Waals surface area contributed by atoms with Crippen molar-refractivity contribution in [3.63, 3.8) is 0 Å². The zero-order chi connectivity index (χ0) is 21.2. The lowest BCUT2D eigenvalue weighted by atomic mass is 10.0. The van der Waals surface area contributed by atoms with E-state index in [0.717, 1.165) is 34.8 Å². The van der Waals surface area contributed by atoms with E-state index in [1.807, 2.05) is 44.8 Å². The number of pyridine rings is 3. The smallest absolute Gasteiger partial charge is 0.0901 e. The average Bonchev–Trinajstić information content (AvgIpc) is 2.79. The first-order chi connectivity index (χ1) is 15.2. The van der Waals surface area contributed by atoms with Crippen molar-refractivity contribution in [3.8, 4) is 22.4 Å². The first-order valence-electron chi connectivity index (χ1n) is 10.4. The first kappa shape index (κ1) is 19.1. The highest BCUT2D eigenvalue weighted by Gasteiger charge is 2.16. The van der Waals surface area contributed by atoms with E-state index in [0.29, 0.717) is 6.54 Å². The number of aromatic nitrogens is 3. The summed E-state index contributed by atoms with van der Waals surface area (Å²) in [6, 6.07) is 19.0. The summed E-state index contributed by atoms with van der Waals surface area (Å²) in [4.78, 5) is 20.0. The average molecular weight is 406 g/mol. The van der Waals surface area contributed by atoms with Crippen LogP contribution in [0.5, 0.6) is 0 Å². The van der Waals surface area contributed by atoms with Crippen LogP contribution in [0, 0.1) is 13.8 Å². The maximum Gasteiger partial charge on any atom is 0.0901 e. The Morgan fingerprint density at radius 3 is 2.26 bits per heavy atom. The van der Waals surface area contributed by atoms with Crippen LogP contribution in [0.15, 0.2) is 78.2 Å². The van der Waals surface area contributed by atoms with Gasteiger partial charge in [0, 0.05) is 41.2 Å². The second kappa shape index (κ2) is 8.11. The van der Waals surface area contributed by atoms with E-state index in [1.165, 1.54) is 22.4 Å². The van der Waals surface area contributed by atoms with Gasteiger partial charge in [-0.25, -0.2) is 0 Å². The molecule has 1 aliphatic rings. The fourth-order valence-electron chi connectivity index (χ4n) is 3.89. The summed E-state index contributed by atoms with van der Waals surface area (Å²) in [6.07, 6.45) is 7.57. The highest BCUT2D eigenvalue weighted by Crippen LogP contribution is 2.31. The van der Waals surface area contributed by atoms with Gasteiger partial charge in [-0.3, -0.25) is 19.9 Å². The van der Waals surface area contributed by atoms with Crippen LogP contribution in [0.3, 0.4) is 0 Å². The summed E-state index contributed by atoms with van der Waals surface area (Å²) < 4.78 is 0. The predicted octanol–water partition coefficient (Wildman–Crippen LogP) is 5.37. The highest BCUT2D eigenvalue weighted by atomic mass is 15.2. The molecular formula is C26H23N5. The second-order valence-corrected chi connectivity index (χ2v) is 7.85. The minimum Gasteiger partial charge on any atom is -0.328 e. The number of benzene rings is 1. The molecule has 5 rings (SSSR count). The molecule has 0 radical (unpaired) electrons. The van der Waals surface area contributed by atoms with Gasteiger partial charge < -0.3 is 4.90 Å². The van der Waals surface area contributed by atoms with E-state index in [2.05, 4.69) is 73.4 Å². The molecule has 0 aliphatic carbocycles. The third-order valence-electron chi connectivity index (χ3n) is 5.48. The zero-order valence-electron chi connectivity index (χ0n) is 17.7. The molecule has 152 valence electrons. The minimum atomic E-state index is 0.708. The molecular weight excluding hydrogens is 382 g/mol. The van der Waals surface area contributed by atoms with E-state index in [9.17, 15) is 0 Å². The Hall–Kier alpha value is -3.86. The fraction of sp³-hybridized carbons (Fsp3) is 0.154. The van der Waals surface area contributed by atoms with E-state index >= 15 is 0 Å². The van der Waals surface area contributed by atoms with Crippen LogP contribution >= 0.6 is 0 Å². The molecule has 0 N–H and O–H groups in total. The molecule has 0 bridgehead atoms. The maximum atomic E-state index is 4.68. The Balaban J connectivity index is 1.41. The standard InChI is InChI=1S/C26H23N5/c1-18-11-22(7-9-28-18)21-4-5-24-15-27-17-31(26(24)13-21)16-20-3-6-25(30-14-20)23-8-10-29-19(2)12-23/h3-14,17H,15-16H2,1-2H3. The van der Waals surface area contributed by atoms with Crippen molar-refractivity contribution >= 4 is 12.0 Å². The van der Waals surface area contributed by atoms with Gasteiger partial charge in [-0.15, -0.1) is 0 Å². The molecule has 31 heavy (non-hydrogen) atoms. The number of fused-ring (bicyclic) bond motifs is 1. The summed E-state index contributed by atoms with van der Waals surface area (Å²) in [6.45, 7) is 5.44. The third-order valence-corrected chi connectivity index (χ3v) is 5.48. The number of hydrogen-bond donors (Lipinski definition) is 0. The quantitative estimate of drug-likeness (QED) is 0.458. The van der Waals surface area contributed by atoms with Crippen molar-refractivity contribution in [2.45, 2.75) is 26.9 Å². The van der Waals surface area contributed by atoms with Crippen molar-refractivity contribution in [2.75, 3.05) is 4.90 Å². The minimum absolute atomic E-state index is 0.708. The van der Waals surface area contributed by atoms with Crippen LogP contribution in [0.1, 0.15) is 22.5 Å². The molecule has 0 saturated heterocycles. The summed E-state index contributed by atoms with van der Waals surface area (Å²) in [5, 5.41) is 0. The van der Waals surface area contributed by atoms with Gasteiger partial charge in [0.2, 0.25) is 0 Å².